The first-order valence-electron chi connectivity index (χ1n) is 11.4. The third kappa shape index (κ3) is 4.71. The number of carbonyl (C=O) groups excluding carboxylic acids is 3. The monoisotopic (exact) mass is 470 g/mol. The number of pyridine rings is 1. The van der Waals surface area contributed by atoms with Crippen molar-refractivity contribution in [2.24, 2.45) is 0 Å². The highest BCUT2D eigenvalue weighted by Crippen LogP contribution is 2.42. The zero-order valence-corrected chi connectivity index (χ0v) is 19.8. The lowest BCUT2D eigenvalue weighted by molar-refractivity contribution is -0.132. The number of carbonyl (C=O) groups is 3. The number of benzene rings is 2. The van der Waals surface area contributed by atoms with Gasteiger partial charge in [0.05, 0.1) is 23.3 Å². The van der Waals surface area contributed by atoms with E-state index in [9.17, 15) is 19.5 Å². The van der Waals surface area contributed by atoms with E-state index in [0.717, 1.165) is 12.0 Å². The minimum absolute atomic E-state index is 0.00579. The Balaban J connectivity index is 1.81. The topological polar surface area (TPSA) is 96.8 Å². The van der Waals surface area contributed by atoms with Gasteiger partial charge >= 0.3 is 5.97 Å². The van der Waals surface area contributed by atoms with Crippen molar-refractivity contribution < 1.29 is 24.2 Å². The molecule has 0 saturated carbocycles. The van der Waals surface area contributed by atoms with Gasteiger partial charge in [0.2, 0.25) is 0 Å². The lowest BCUT2D eigenvalue weighted by Crippen LogP contribution is -2.29. The van der Waals surface area contributed by atoms with Crippen LogP contribution in [0.2, 0.25) is 0 Å². The first-order chi connectivity index (χ1) is 16.8. The molecule has 1 atom stereocenters. The highest BCUT2D eigenvalue weighted by molar-refractivity contribution is 6.51. The van der Waals surface area contributed by atoms with E-state index in [0.29, 0.717) is 22.4 Å². The lowest BCUT2D eigenvalue weighted by Gasteiger charge is -2.25. The number of Topliss-reactive ketones (excluding diaryl/α,β-unsaturated/α-hetero) is 1. The smallest absolute Gasteiger partial charge is 0.338 e. The number of ketones is 1. The predicted molar refractivity (Wildman–Crippen MR) is 132 cm³/mol. The average Bonchev–Trinajstić information content (AvgIpc) is 3.14. The van der Waals surface area contributed by atoms with E-state index in [1.807, 2.05) is 19.1 Å². The molecule has 4 rings (SSSR count). The van der Waals surface area contributed by atoms with Gasteiger partial charge in [-0.3, -0.25) is 19.5 Å². The second-order valence-corrected chi connectivity index (χ2v) is 8.50. The summed E-state index contributed by atoms with van der Waals surface area (Å²) in [6, 6.07) is 16.0. The molecular formula is C28H26N2O5. The summed E-state index contributed by atoms with van der Waals surface area (Å²) in [4.78, 5) is 44.0. The Morgan fingerprint density at radius 2 is 1.57 bits per heavy atom. The molecule has 0 aliphatic carbocycles. The van der Waals surface area contributed by atoms with Crippen molar-refractivity contribution in [3.63, 3.8) is 0 Å². The van der Waals surface area contributed by atoms with Crippen LogP contribution in [0.4, 0.5) is 5.69 Å². The Morgan fingerprint density at radius 1 is 0.971 bits per heavy atom. The van der Waals surface area contributed by atoms with E-state index in [4.69, 9.17) is 4.74 Å². The Morgan fingerprint density at radius 3 is 2.14 bits per heavy atom. The maximum Gasteiger partial charge on any atom is 0.338 e. The fourth-order valence-electron chi connectivity index (χ4n) is 4.05. The van der Waals surface area contributed by atoms with E-state index < -0.39 is 23.7 Å². The maximum absolute atomic E-state index is 13.2. The second kappa shape index (κ2) is 9.93. The quantitative estimate of drug-likeness (QED) is 0.240. The highest BCUT2D eigenvalue weighted by atomic mass is 16.5. The number of anilines is 1. The van der Waals surface area contributed by atoms with E-state index in [1.165, 1.54) is 4.90 Å². The van der Waals surface area contributed by atoms with Crippen molar-refractivity contribution in [2.45, 2.75) is 39.3 Å². The van der Waals surface area contributed by atoms with Crippen molar-refractivity contribution in [1.29, 1.82) is 0 Å². The van der Waals surface area contributed by atoms with E-state index in [2.05, 4.69) is 4.98 Å². The molecule has 1 N–H and O–H groups in total. The standard InChI is InChI=1S/C28H26N2O5/c1-4-18-5-7-20(8-6-18)25(31)23-24(19-13-15-29-16-14-19)30(27(33)26(23)32)22-11-9-21(10-12-22)28(34)35-17(2)3/h5-17,24,31H,4H2,1-3H3/b25-23+. The molecule has 1 amide bonds. The summed E-state index contributed by atoms with van der Waals surface area (Å²) >= 11 is 0. The van der Waals surface area contributed by atoms with Gasteiger partial charge in [0.25, 0.3) is 11.7 Å². The SMILES string of the molecule is CCc1ccc(/C(O)=C2\C(=O)C(=O)N(c3ccc(C(=O)OC(C)C)cc3)C2c2ccncc2)cc1. The molecule has 0 spiro atoms. The van der Waals surface area contributed by atoms with Gasteiger partial charge in [0.15, 0.2) is 0 Å². The van der Waals surface area contributed by atoms with Crippen molar-refractivity contribution in [3.05, 3.63) is 101 Å². The first-order valence-corrected chi connectivity index (χ1v) is 11.4. The number of hydrogen-bond acceptors (Lipinski definition) is 6. The summed E-state index contributed by atoms with van der Waals surface area (Å²) < 4.78 is 5.22. The van der Waals surface area contributed by atoms with Gasteiger partial charge in [0, 0.05) is 23.6 Å². The van der Waals surface area contributed by atoms with E-state index in [1.54, 1.807) is 74.8 Å². The summed E-state index contributed by atoms with van der Waals surface area (Å²) in [6.45, 7) is 5.55. The minimum atomic E-state index is -0.864. The molecule has 1 unspecified atom stereocenters. The summed E-state index contributed by atoms with van der Waals surface area (Å²) in [5, 5.41) is 11.2. The molecule has 35 heavy (non-hydrogen) atoms. The molecule has 0 bridgehead atoms. The summed E-state index contributed by atoms with van der Waals surface area (Å²) in [7, 11) is 0. The molecule has 1 saturated heterocycles. The molecule has 1 fully saturated rings. The molecule has 7 heteroatoms. The molecule has 178 valence electrons. The number of aryl methyl sites for hydroxylation is 1. The number of aromatic nitrogens is 1. The van der Waals surface area contributed by atoms with Crippen LogP contribution in [0.5, 0.6) is 0 Å². The van der Waals surface area contributed by atoms with Gasteiger partial charge in [-0.2, -0.15) is 0 Å². The zero-order chi connectivity index (χ0) is 25.1. The van der Waals surface area contributed by atoms with Crippen LogP contribution in [0.1, 0.15) is 53.9 Å². The molecule has 1 aromatic heterocycles. The molecule has 7 nitrogen and oxygen atoms in total. The zero-order valence-electron chi connectivity index (χ0n) is 19.8. The van der Waals surface area contributed by atoms with E-state index >= 15 is 0 Å². The largest absolute Gasteiger partial charge is 0.507 e. The fraction of sp³-hybridized carbons (Fsp3) is 0.214. The van der Waals surface area contributed by atoms with Crippen LogP contribution >= 0.6 is 0 Å². The second-order valence-electron chi connectivity index (χ2n) is 8.50. The van der Waals surface area contributed by atoms with Crippen molar-refractivity contribution in [1.82, 2.24) is 4.98 Å². The Labute approximate surface area is 203 Å². The lowest BCUT2D eigenvalue weighted by atomic mass is 9.95. The van der Waals surface area contributed by atoms with Crippen LogP contribution in [0.3, 0.4) is 0 Å². The predicted octanol–water partition coefficient (Wildman–Crippen LogP) is 4.84. The summed E-state index contributed by atoms with van der Waals surface area (Å²) in [6.07, 6.45) is 3.70. The highest BCUT2D eigenvalue weighted by Gasteiger charge is 2.47. The van der Waals surface area contributed by atoms with Crippen molar-refractivity contribution >= 4 is 29.1 Å². The average molecular weight is 471 g/mol. The fourth-order valence-corrected chi connectivity index (χ4v) is 4.05. The number of esters is 1. The van der Waals surface area contributed by atoms with Gasteiger partial charge in [-0.1, -0.05) is 31.2 Å². The first kappa shape index (κ1) is 23.9. The normalized spacial score (nSPS) is 17.1. The Kier molecular flexibility index (Phi) is 6.78. The molecular weight excluding hydrogens is 444 g/mol. The number of aliphatic hydroxyl groups is 1. The van der Waals surface area contributed by atoms with Crippen LogP contribution in [-0.2, 0) is 20.7 Å². The summed E-state index contributed by atoms with van der Waals surface area (Å²) in [5.41, 5.74) is 2.89. The molecule has 0 radical (unpaired) electrons. The van der Waals surface area contributed by atoms with Crippen LogP contribution in [0.25, 0.3) is 5.76 Å². The number of nitrogens with zero attached hydrogens (tertiary/aromatic N) is 2. The van der Waals surface area contributed by atoms with Gasteiger partial charge in [-0.25, -0.2) is 4.79 Å². The van der Waals surface area contributed by atoms with Crippen molar-refractivity contribution in [2.75, 3.05) is 4.90 Å². The summed E-state index contributed by atoms with van der Waals surface area (Å²) in [5.74, 6) is -2.27. The van der Waals surface area contributed by atoms with Crippen LogP contribution in [0, 0.1) is 0 Å². The third-order valence-electron chi connectivity index (χ3n) is 5.83. The van der Waals surface area contributed by atoms with Gasteiger partial charge in [0.1, 0.15) is 5.76 Å². The number of amides is 1. The Bertz CT molecular complexity index is 1280. The number of hydrogen-bond donors (Lipinski definition) is 1. The molecule has 3 aromatic rings. The van der Waals surface area contributed by atoms with Gasteiger partial charge in [-0.05, 0) is 67.8 Å². The van der Waals surface area contributed by atoms with Crippen LogP contribution < -0.4 is 4.90 Å². The minimum Gasteiger partial charge on any atom is -0.507 e. The molecule has 1 aliphatic rings. The molecule has 1 aliphatic heterocycles. The van der Waals surface area contributed by atoms with Gasteiger partial charge < -0.3 is 9.84 Å². The van der Waals surface area contributed by atoms with Gasteiger partial charge in [-0.15, -0.1) is 0 Å². The number of ether oxygens (including phenoxy) is 1. The van der Waals surface area contributed by atoms with Crippen LogP contribution in [0.15, 0.2) is 78.6 Å². The number of aliphatic hydroxyl groups excluding tert-OH is 1. The number of rotatable bonds is 6. The molecule has 2 heterocycles. The maximum atomic E-state index is 13.2. The third-order valence-corrected chi connectivity index (χ3v) is 5.83. The van der Waals surface area contributed by atoms with Crippen LogP contribution in [-0.4, -0.2) is 33.9 Å². The Hall–Kier alpha value is -4.26. The molecule has 2 aromatic carbocycles. The van der Waals surface area contributed by atoms with E-state index in [-0.39, 0.29) is 17.4 Å². The van der Waals surface area contributed by atoms with Crippen molar-refractivity contribution in [3.8, 4) is 0 Å².